The first-order valence-electron chi connectivity index (χ1n) is 12.4. The molecule has 3 aromatic carbocycles. The van der Waals surface area contributed by atoms with Gasteiger partial charge in [0.15, 0.2) is 0 Å². The Morgan fingerprint density at radius 2 is 1.56 bits per heavy atom. The Kier molecular flexibility index (Phi) is 9.69. The molecular weight excluding hydrogens is 557 g/mol. The SMILES string of the molecule is Cc1ccc(Cl)cc1N(CC(=O)N(Cc1cccc(Cl)c1)[C@@H](C)C(=O)NC(C)(C)C)S(=O)(=O)c1ccccc1. The van der Waals surface area contributed by atoms with E-state index < -0.39 is 34.1 Å². The fourth-order valence-electron chi connectivity index (χ4n) is 3.97. The summed E-state index contributed by atoms with van der Waals surface area (Å²) in [5, 5.41) is 3.71. The van der Waals surface area contributed by atoms with Gasteiger partial charge in [0.2, 0.25) is 11.8 Å². The molecule has 0 saturated heterocycles. The molecule has 39 heavy (non-hydrogen) atoms. The maximum Gasteiger partial charge on any atom is 0.264 e. The average Bonchev–Trinajstić information content (AvgIpc) is 2.86. The molecule has 0 saturated carbocycles. The molecule has 1 N–H and O–H groups in total. The second-order valence-corrected chi connectivity index (χ2v) is 13.1. The number of nitrogens with one attached hydrogen (secondary N) is 1. The van der Waals surface area contributed by atoms with Gasteiger partial charge in [0.05, 0.1) is 10.6 Å². The number of carbonyl (C=O) groups excluding carboxylic acids is 2. The third kappa shape index (κ3) is 7.97. The van der Waals surface area contributed by atoms with Crippen LogP contribution in [0, 0.1) is 6.92 Å². The predicted octanol–water partition coefficient (Wildman–Crippen LogP) is 5.83. The minimum Gasteiger partial charge on any atom is -0.350 e. The topological polar surface area (TPSA) is 86.8 Å². The van der Waals surface area contributed by atoms with E-state index in [2.05, 4.69) is 5.32 Å². The Balaban J connectivity index is 2.07. The summed E-state index contributed by atoms with van der Waals surface area (Å²) in [7, 11) is -4.17. The van der Waals surface area contributed by atoms with Gasteiger partial charge in [0.25, 0.3) is 10.0 Å². The molecule has 2 amide bonds. The first-order chi connectivity index (χ1) is 18.2. The highest BCUT2D eigenvalue weighted by Crippen LogP contribution is 2.30. The number of anilines is 1. The van der Waals surface area contributed by atoms with Crippen LogP contribution in [0.2, 0.25) is 10.0 Å². The number of hydrogen-bond acceptors (Lipinski definition) is 4. The Bertz CT molecular complexity index is 1440. The molecule has 3 rings (SSSR count). The van der Waals surface area contributed by atoms with Crippen LogP contribution in [-0.2, 0) is 26.2 Å². The molecule has 0 spiro atoms. The highest BCUT2D eigenvalue weighted by Gasteiger charge is 2.34. The van der Waals surface area contributed by atoms with Gasteiger partial charge in [-0.15, -0.1) is 0 Å². The number of halogens is 2. The number of hydrogen-bond donors (Lipinski definition) is 1. The lowest BCUT2D eigenvalue weighted by atomic mass is 10.1. The zero-order valence-corrected chi connectivity index (χ0v) is 24.9. The maximum atomic E-state index is 14.0. The molecule has 0 bridgehead atoms. The van der Waals surface area contributed by atoms with E-state index in [0.29, 0.717) is 21.2 Å². The number of nitrogens with zero attached hydrogens (tertiary/aromatic N) is 2. The van der Waals surface area contributed by atoms with Gasteiger partial charge in [0, 0.05) is 22.1 Å². The molecule has 1 atom stereocenters. The van der Waals surface area contributed by atoms with Crippen molar-refractivity contribution in [3.05, 3.63) is 94.0 Å². The second kappa shape index (κ2) is 12.4. The summed E-state index contributed by atoms with van der Waals surface area (Å²) >= 11 is 12.4. The summed E-state index contributed by atoms with van der Waals surface area (Å²) < 4.78 is 28.8. The normalized spacial score (nSPS) is 12.5. The smallest absolute Gasteiger partial charge is 0.264 e. The molecule has 0 aromatic heterocycles. The van der Waals surface area contributed by atoms with Crippen LogP contribution in [0.5, 0.6) is 0 Å². The van der Waals surface area contributed by atoms with Gasteiger partial charge in [-0.2, -0.15) is 0 Å². The van der Waals surface area contributed by atoms with Gasteiger partial charge >= 0.3 is 0 Å². The third-order valence-corrected chi connectivity index (χ3v) is 8.20. The molecule has 0 aliphatic carbocycles. The van der Waals surface area contributed by atoms with Crippen LogP contribution in [0.25, 0.3) is 0 Å². The predicted molar refractivity (Wildman–Crippen MR) is 157 cm³/mol. The fourth-order valence-corrected chi connectivity index (χ4v) is 5.84. The number of aryl methyl sites for hydroxylation is 1. The van der Waals surface area contributed by atoms with E-state index >= 15 is 0 Å². The number of amides is 2. The molecule has 7 nitrogen and oxygen atoms in total. The maximum absolute atomic E-state index is 14.0. The van der Waals surface area contributed by atoms with Crippen molar-refractivity contribution >= 4 is 50.7 Å². The van der Waals surface area contributed by atoms with Gasteiger partial charge in [0.1, 0.15) is 12.6 Å². The highest BCUT2D eigenvalue weighted by molar-refractivity contribution is 7.92. The van der Waals surface area contributed by atoms with Gasteiger partial charge in [-0.05, 0) is 82.1 Å². The van der Waals surface area contributed by atoms with Gasteiger partial charge in [-0.3, -0.25) is 13.9 Å². The van der Waals surface area contributed by atoms with Crippen molar-refractivity contribution in [2.75, 3.05) is 10.8 Å². The largest absolute Gasteiger partial charge is 0.350 e. The minimum absolute atomic E-state index is 0.0251. The van der Waals surface area contributed by atoms with Crippen molar-refractivity contribution in [1.29, 1.82) is 0 Å². The van der Waals surface area contributed by atoms with Crippen LogP contribution in [0.15, 0.2) is 77.7 Å². The lowest BCUT2D eigenvalue weighted by Crippen LogP contribution is -2.54. The van der Waals surface area contributed by atoms with Crippen molar-refractivity contribution in [1.82, 2.24) is 10.2 Å². The number of benzene rings is 3. The average molecular weight is 591 g/mol. The van der Waals surface area contributed by atoms with Crippen LogP contribution >= 0.6 is 23.2 Å². The zero-order chi connectivity index (χ0) is 29.0. The molecule has 0 aliphatic heterocycles. The Labute approximate surface area is 240 Å². The molecule has 0 radical (unpaired) electrons. The van der Waals surface area contributed by atoms with Crippen LogP contribution < -0.4 is 9.62 Å². The molecule has 0 heterocycles. The summed E-state index contributed by atoms with van der Waals surface area (Å²) in [6.07, 6.45) is 0. The molecule has 10 heteroatoms. The van der Waals surface area contributed by atoms with E-state index in [1.165, 1.54) is 23.1 Å². The van der Waals surface area contributed by atoms with Crippen LogP contribution in [0.3, 0.4) is 0 Å². The van der Waals surface area contributed by atoms with E-state index in [0.717, 1.165) is 4.31 Å². The molecule has 0 aliphatic rings. The summed E-state index contributed by atoms with van der Waals surface area (Å²) in [5.74, 6) is -0.931. The standard InChI is InChI=1S/C29H33Cl2N3O4S/c1-20-14-15-24(31)17-26(20)34(39(37,38)25-12-7-6-8-13-25)19-27(35)33(18-22-10-9-11-23(30)16-22)21(2)28(36)32-29(3,4)5/h6-17,21H,18-19H2,1-5H3,(H,32,36)/t21-/m0/s1. The van der Waals surface area contributed by atoms with Gasteiger partial charge < -0.3 is 10.2 Å². The van der Waals surface area contributed by atoms with E-state index in [9.17, 15) is 18.0 Å². The molecule has 0 fully saturated rings. The summed E-state index contributed by atoms with van der Waals surface area (Å²) in [5.41, 5.74) is 1.06. The third-order valence-electron chi connectivity index (χ3n) is 5.96. The van der Waals surface area contributed by atoms with Crippen molar-refractivity contribution in [3.63, 3.8) is 0 Å². The Hall–Kier alpha value is -3.07. The number of sulfonamides is 1. The Morgan fingerprint density at radius 3 is 2.18 bits per heavy atom. The zero-order valence-electron chi connectivity index (χ0n) is 22.6. The molecule has 208 valence electrons. The van der Waals surface area contributed by atoms with E-state index in [1.54, 1.807) is 68.4 Å². The van der Waals surface area contributed by atoms with E-state index in [1.807, 2.05) is 20.8 Å². The lowest BCUT2D eigenvalue weighted by Gasteiger charge is -2.34. The molecular formula is C29H33Cl2N3O4S. The van der Waals surface area contributed by atoms with Crippen molar-refractivity contribution in [3.8, 4) is 0 Å². The van der Waals surface area contributed by atoms with Gasteiger partial charge in [-0.25, -0.2) is 8.42 Å². The van der Waals surface area contributed by atoms with Crippen molar-refractivity contribution < 1.29 is 18.0 Å². The Morgan fingerprint density at radius 1 is 0.923 bits per heavy atom. The highest BCUT2D eigenvalue weighted by atomic mass is 35.5. The number of rotatable bonds is 9. The second-order valence-electron chi connectivity index (χ2n) is 10.3. The monoisotopic (exact) mass is 589 g/mol. The van der Waals surface area contributed by atoms with E-state index in [-0.39, 0.29) is 23.0 Å². The minimum atomic E-state index is -4.17. The van der Waals surface area contributed by atoms with Crippen LogP contribution in [0.4, 0.5) is 5.69 Å². The van der Waals surface area contributed by atoms with Crippen molar-refractivity contribution in [2.45, 2.75) is 57.6 Å². The quantitative estimate of drug-likeness (QED) is 0.340. The van der Waals surface area contributed by atoms with Crippen molar-refractivity contribution in [2.24, 2.45) is 0 Å². The first kappa shape index (κ1) is 30.5. The number of carbonyl (C=O) groups is 2. The summed E-state index contributed by atoms with van der Waals surface area (Å²) in [6, 6.07) is 18.8. The van der Waals surface area contributed by atoms with E-state index in [4.69, 9.17) is 23.2 Å². The lowest BCUT2D eigenvalue weighted by molar-refractivity contribution is -0.140. The fraction of sp³-hybridized carbons (Fsp3) is 0.310. The first-order valence-corrected chi connectivity index (χ1v) is 14.6. The summed E-state index contributed by atoms with van der Waals surface area (Å²) in [6.45, 7) is 8.39. The van der Waals surface area contributed by atoms with Gasteiger partial charge in [-0.1, -0.05) is 59.6 Å². The summed E-state index contributed by atoms with van der Waals surface area (Å²) in [4.78, 5) is 28.5. The van der Waals surface area contributed by atoms with Crippen LogP contribution in [0.1, 0.15) is 38.8 Å². The molecule has 0 unspecified atom stereocenters. The van der Waals surface area contributed by atoms with Crippen LogP contribution in [-0.4, -0.2) is 43.3 Å². The molecule has 3 aromatic rings.